The topological polar surface area (TPSA) is 65.8 Å². The predicted molar refractivity (Wildman–Crippen MR) is 149 cm³/mol. The number of nitrogens with one attached hydrogen (secondary N) is 1. The third-order valence-electron chi connectivity index (χ3n) is 6.96. The van der Waals surface area contributed by atoms with Crippen molar-refractivity contribution in [3.63, 3.8) is 0 Å². The van der Waals surface area contributed by atoms with E-state index in [9.17, 15) is 9.59 Å². The van der Waals surface area contributed by atoms with Crippen molar-refractivity contribution in [1.29, 1.82) is 0 Å². The monoisotopic (exact) mass is 501 g/mol. The summed E-state index contributed by atoms with van der Waals surface area (Å²) in [6.45, 7) is 7.28. The smallest absolute Gasteiger partial charge is 0.256 e. The molecule has 6 nitrogen and oxygen atoms in total. The van der Waals surface area contributed by atoms with Crippen LogP contribution < -0.4 is 10.2 Å². The predicted octanol–water partition coefficient (Wildman–Crippen LogP) is 6.92. The standard InChI is InChI=1S/C31H39N3O3/c1-3-5-10-24-12-14-25(15-13-24)30(35)32-26-16-17-29(28(22-26)31(36)33-19-7-8-20-33)34(18-6-4-2)23-27-11-9-21-37-27/h9,11-17,21-22H,3-8,10,18-20,23H2,1-2H3,(H,32,35). The highest BCUT2D eigenvalue weighted by Gasteiger charge is 2.25. The van der Waals surface area contributed by atoms with Gasteiger partial charge in [0.1, 0.15) is 5.76 Å². The highest BCUT2D eigenvalue weighted by molar-refractivity contribution is 6.06. The van der Waals surface area contributed by atoms with Gasteiger partial charge in [-0.05, 0) is 80.1 Å². The van der Waals surface area contributed by atoms with Gasteiger partial charge in [0.05, 0.1) is 24.1 Å². The van der Waals surface area contributed by atoms with Gasteiger partial charge in [0, 0.05) is 30.9 Å². The minimum Gasteiger partial charge on any atom is -0.467 e. The molecule has 2 amide bonds. The van der Waals surface area contributed by atoms with E-state index < -0.39 is 0 Å². The van der Waals surface area contributed by atoms with Gasteiger partial charge in [-0.1, -0.05) is 38.8 Å². The molecule has 3 aromatic rings. The first-order valence-electron chi connectivity index (χ1n) is 13.7. The largest absolute Gasteiger partial charge is 0.467 e. The SMILES string of the molecule is CCCCc1ccc(C(=O)Nc2ccc(N(CCCC)Cc3ccco3)c(C(=O)N3CCCC3)c2)cc1. The average Bonchev–Trinajstić information content (AvgIpc) is 3.65. The van der Waals surface area contributed by atoms with E-state index in [0.29, 0.717) is 23.4 Å². The molecule has 0 unspecified atom stereocenters. The second-order valence-corrected chi connectivity index (χ2v) is 9.84. The van der Waals surface area contributed by atoms with Gasteiger partial charge >= 0.3 is 0 Å². The van der Waals surface area contributed by atoms with Gasteiger partial charge in [-0.15, -0.1) is 0 Å². The molecule has 1 fully saturated rings. The Hall–Kier alpha value is -3.54. The molecule has 0 radical (unpaired) electrons. The zero-order valence-electron chi connectivity index (χ0n) is 22.2. The van der Waals surface area contributed by atoms with Gasteiger partial charge < -0.3 is 19.5 Å². The fourth-order valence-corrected chi connectivity index (χ4v) is 4.78. The number of hydrogen-bond acceptors (Lipinski definition) is 4. The van der Waals surface area contributed by atoms with E-state index in [1.165, 1.54) is 5.56 Å². The molecule has 0 aliphatic carbocycles. The van der Waals surface area contributed by atoms with Crippen molar-refractivity contribution < 1.29 is 14.0 Å². The second-order valence-electron chi connectivity index (χ2n) is 9.84. The summed E-state index contributed by atoms with van der Waals surface area (Å²) < 4.78 is 5.63. The van der Waals surface area contributed by atoms with Crippen LogP contribution in [-0.2, 0) is 13.0 Å². The minimum atomic E-state index is -0.173. The number of furan rings is 1. The second kappa shape index (κ2) is 13.1. The van der Waals surface area contributed by atoms with E-state index in [1.54, 1.807) is 6.26 Å². The average molecular weight is 502 g/mol. The van der Waals surface area contributed by atoms with Gasteiger partial charge in [0.25, 0.3) is 11.8 Å². The van der Waals surface area contributed by atoms with E-state index in [1.807, 2.05) is 59.5 Å². The lowest BCUT2D eigenvalue weighted by Gasteiger charge is -2.28. The fourth-order valence-electron chi connectivity index (χ4n) is 4.78. The fraction of sp³-hybridized carbons (Fsp3) is 0.419. The molecule has 2 heterocycles. The molecule has 37 heavy (non-hydrogen) atoms. The number of amides is 2. The third kappa shape index (κ3) is 7.03. The first kappa shape index (κ1) is 26.5. The van der Waals surface area contributed by atoms with Gasteiger partial charge in [0.15, 0.2) is 0 Å². The van der Waals surface area contributed by atoms with E-state index in [-0.39, 0.29) is 11.8 Å². The molecule has 4 rings (SSSR count). The lowest BCUT2D eigenvalue weighted by Crippen LogP contribution is -2.31. The van der Waals surface area contributed by atoms with E-state index in [0.717, 1.165) is 76.0 Å². The molecular weight excluding hydrogens is 462 g/mol. The Morgan fingerprint density at radius 2 is 1.73 bits per heavy atom. The Balaban J connectivity index is 1.59. The first-order chi connectivity index (χ1) is 18.1. The Kier molecular flexibility index (Phi) is 9.41. The highest BCUT2D eigenvalue weighted by Crippen LogP contribution is 2.29. The molecular formula is C31H39N3O3. The van der Waals surface area contributed by atoms with Crippen molar-refractivity contribution in [3.8, 4) is 0 Å². The van der Waals surface area contributed by atoms with E-state index >= 15 is 0 Å². The highest BCUT2D eigenvalue weighted by atomic mass is 16.3. The molecule has 2 aromatic carbocycles. The van der Waals surface area contributed by atoms with Crippen LogP contribution >= 0.6 is 0 Å². The lowest BCUT2D eigenvalue weighted by molar-refractivity contribution is 0.0793. The maximum Gasteiger partial charge on any atom is 0.256 e. The van der Waals surface area contributed by atoms with Crippen LogP contribution in [0.5, 0.6) is 0 Å². The first-order valence-corrected chi connectivity index (χ1v) is 13.7. The summed E-state index contributed by atoms with van der Waals surface area (Å²) in [4.78, 5) is 30.8. The lowest BCUT2D eigenvalue weighted by atomic mass is 10.1. The Morgan fingerprint density at radius 3 is 2.41 bits per heavy atom. The van der Waals surface area contributed by atoms with Crippen LogP contribution in [-0.4, -0.2) is 36.3 Å². The summed E-state index contributed by atoms with van der Waals surface area (Å²) in [5.41, 5.74) is 3.97. The Bertz CT molecular complexity index is 1150. The summed E-state index contributed by atoms with van der Waals surface area (Å²) >= 11 is 0. The summed E-state index contributed by atoms with van der Waals surface area (Å²) in [6, 6.07) is 17.3. The summed E-state index contributed by atoms with van der Waals surface area (Å²) in [6.07, 6.45) is 9.09. The maximum absolute atomic E-state index is 13.6. The van der Waals surface area contributed by atoms with Gasteiger partial charge in [-0.3, -0.25) is 9.59 Å². The molecule has 6 heteroatoms. The van der Waals surface area contributed by atoms with Crippen molar-refractivity contribution in [1.82, 2.24) is 4.90 Å². The van der Waals surface area contributed by atoms with Crippen molar-refractivity contribution in [3.05, 3.63) is 83.3 Å². The quantitative estimate of drug-likeness (QED) is 0.293. The van der Waals surface area contributed by atoms with Crippen LogP contribution in [0.1, 0.15) is 84.4 Å². The van der Waals surface area contributed by atoms with Gasteiger partial charge in [-0.2, -0.15) is 0 Å². The van der Waals surface area contributed by atoms with Crippen molar-refractivity contribution in [2.75, 3.05) is 29.9 Å². The Morgan fingerprint density at radius 1 is 0.973 bits per heavy atom. The number of likely N-dealkylation sites (tertiary alicyclic amines) is 1. The summed E-state index contributed by atoms with van der Waals surface area (Å²) in [5, 5.41) is 3.01. The normalized spacial score (nSPS) is 13.1. The van der Waals surface area contributed by atoms with E-state index in [2.05, 4.69) is 24.1 Å². The molecule has 0 saturated carbocycles. The summed E-state index contributed by atoms with van der Waals surface area (Å²) in [7, 11) is 0. The van der Waals surface area contributed by atoms with Crippen LogP contribution in [0.2, 0.25) is 0 Å². The van der Waals surface area contributed by atoms with E-state index in [4.69, 9.17) is 4.42 Å². The van der Waals surface area contributed by atoms with Crippen molar-refractivity contribution in [2.45, 2.75) is 65.3 Å². The molecule has 1 saturated heterocycles. The number of nitrogens with zero attached hydrogens (tertiary/aromatic N) is 2. The van der Waals surface area contributed by atoms with Crippen molar-refractivity contribution in [2.24, 2.45) is 0 Å². The number of unbranched alkanes of at least 4 members (excludes halogenated alkanes) is 2. The summed E-state index contributed by atoms with van der Waals surface area (Å²) in [5.74, 6) is 0.702. The van der Waals surface area contributed by atoms with Crippen LogP contribution in [0.15, 0.2) is 65.3 Å². The number of carbonyl (C=O) groups is 2. The van der Waals surface area contributed by atoms with Gasteiger partial charge in [0.2, 0.25) is 0 Å². The minimum absolute atomic E-state index is 0.0184. The molecule has 1 aliphatic rings. The van der Waals surface area contributed by atoms with Gasteiger partial charge in [-0.25, -0.2) is 0 Å². The van der Waals surface area contributed by atoms with Crippen LogP contribution in [0.4, 0.5) is 11.4 Å². The molecule has 0 spiro atoms. The number of hydrogen-bond donors (Lipinski definition) is 1. The third-order valence-corrected chi connectivity index (χ3v) is 6.96. The number of aryl methyl sites for hydroxylation is 1. The zero-order valence-corrected chi connectivity index (χ0v) is 22.2. The van der Waals surface area contributed by atoms with Crippen LogP contribution in [0.3, 0.4) is 0 Å². The number of carbonyl (C=O) groups excluding carboxylic acids is 2. The maximum atomic E-state index is 13.6. The van der Waals surface area contributed by atoms with Crippen LogP contribution in [0.25, 0.3) is 0 Å². The zero-order chi connectivity index (χ0) is 26.0. The number of rotatable bonds is 12. The number of anilines is 2. The number of benzene rings is 2. The molecule has 196 valence electrons. The molecule has 1 aromatic heterocycles. The van der Waals surface area contributed by atoms with Crippen molar-refractivity contribution >= 4 is 23.2 Å². The Labute approximate surface area is 220 Å². The molecule has 1 aliphatic heterocycles. The molecule has 0 atom stereocenters. The molecule has 0 bridgehead atoms. The molecule has 1 N–H and O–H groups in total. The van der Waals surface area contributed by atoms with Crippen LogP contribution in [0, 0.1) is 0 Å².